The van der Waals surface area contributed by atoms with Crippen molar-refractivity contribution in [3.63, 3.8) is 0 Å². The first-order valence-corrected chi connectivity index (χ1v) is 9.22. The zero-order valence-corrected chi connectivity index (χ0v) is 15.7. The highest BCUT2D eigenvalue weighted by Crippen LogP contribution is 2.43. The van der Waals surface area contributed by atoms with Crippen LogP contribution in [-0.2, 0) is 16.1 Å². The maximum absolute atomic E-state index is 11.8. The van der Waals surface area contributed by atoms with Crippen LogP contribution < -0.4 is 0 Å². The van der Waals surface area contributed by atoms with E-state index in [1.54, 1.807) is 6.07 Å². The number of piperidine rings is 1. The lowest BCUT2D eigenvalue weighted by molar-refractivity contribution is -0.147. The van der Waals surface area contributed by atoms with Crippen molar-refractivity contribution < 1.29 is 14.7 Å². The van der Waals surface area contributed by atoms with Crippen molar-refractivity contribution in [1.29, 1.82) is 0 Å². The third kappa shape index (κ3) is 3.94. The number of aliphatic carboxylic acids is 1. The molecule has 1 spiro atoms. The minimum absolute atomic E-state index is 0.0800. The van der Waals surface area contributed by atoms with Crippen molar-refractivity contribution in [2.24, 2.45) is 5.41 Å². The van der Waals surface area contributed by atoms with Crippen LogP contribution in [0.15, 0.2) is 18.2 Å². The van der Waals surface area contributed by atoms with Crippen LogP contribution in [0.4, 0.5) is 0 Å². The molecule has 1 unspecified atom stereocenters. The summed E-state index contributed by atoms with van der Waals surface area (Å²) < 4.78 is 0. The summed E-state index contributed by atoms with van der Waals surface area (Å²) in [6.07, 6.45) is 2.32. The number of hydrogen-bond acceptors (Lipinski definition) is 3. The second-order valence-electron chi connectivity index (χ2n) is 7.22. The number of carboxylic acid groups (broad SMARTS) is 1. The molecule has 2 heterocycles. The van der Waals surface area contributed by atoms with Crippen molar-refractivity contribution in [3.05, 3.63) is 33.8 Å². The van der Waals surface area contributed by atoms with E-state index in [0.29, 0.717) is 23.0 Å². The summed E-state index contributed by atoms with van der Waals surface area (Å²) in [5, 5.41) is 10.8. The highest BCUT2D eigenvalue weighted by molar-refractivity contribution is 6.33. The number of rotatable bonds is 3. The third-order valence-electron chi connectivity index (χ3n) is 5.52. The molecule has 7 heteroatoms. The molecule has 2 fully saturated rings. The molecule has 1 atom stereocenters. The molecule has 25 heavy (non-hydrogen) atoms. The summed E-state index contributed by atoms with van der Waals surface area (Å²) >= 11 is 12.3. The van der Waals surface area contributed by atoms with E-state index in [2.05, 4.69) is 4.90 Å². The SMILES string of the molecule is CC(=O)N1CC2(CCN(Cc3cc(Cl)ccc3Cl)CC2)CC1C(=O)O. The zero-order valence-electron chi connectivity index (χ0n) is 14.2. The van der Waals surface area contributed by atoms with Crippen molar-refractivity contribution in [2.75, 3.05) is 19.6 Å². The fourth-order valence-electron chi connectivity index (χ4n) is 4.06. The van der Waals surface area contributed by atoms with Crippen molar-refractivity contribution >= 4 is 35.1 Å². The van der Waals surface area contributed by atoms with E-state index in [-0.39, 0.29) is 11.3 Å². The molecule has 136 valence electrons. The highest BCUT2D eigenvalue weighted by atomic mass is 35.5. The molecule has 1 aromatic carbocycles. The number of likely N-dealkylation sites (tertiary alicyclic amines) is 2. The topological polar surface area (TPSA) is 60.9 Å². The summed E-state index contributed by atoms with van der Waals surface area (Å²) in [5.74, 6) is -1.06. The molecular weight excluding hydrogens is 363 g/mol. The number of carboxylic acids is 1. The lowest BCUT2D eigenvalue weighted by atomic mass is 9.76. The molecular formula is C18H22Cl2N2O3. The predicted octanol–water partition coefficient (Wildman–Crippen LogP) is 3.28. The van der Waals surface area contributed by atoms with Gasteiger partial charge in [-0.15, -0.1) is 0 Å². The van der Waals surface area contributed by atoms with Gasteiger partial charge in [-0.1, -0.05) is 23.2 Å². The third-order valence-corrected chi connectivity index (χ3v) is 6.12. The monoisotopic (exact) mass is 384 g/mol. The molecule has 0 bridgehead atoms. The highest BCUT2D eigenvalue weighted by Gasteiger charge is 2.49. The standard InChI is InChI=1S/C18H22Cl2N2O3/c1-12(23)22-11-18(9-16(22)17(24)25)4-6-21(7-5-18)10-13-8-14(19)2-3-15(13)20/h2-3,8,16H,4-7,9-11H2,1H3,(H,24,25). The number of benzene rings is 1. The fourth-order valence-corrected chi connectivity index (χ4v) is 4.43. The maximum atomic E-state index is 11.8. The Bertz CT molecular complexity index is 663. The van der Waals surface area contributed by atoms with E-state index < -0.39 is 12.0 Å². The molecule has 1 N–H and O–H groups in total. The first kappa shape index (κ1) is 18.5. The lowest BCUT2D eigenvalue weighted by Gasteiger charge is -2.39. The van der Waals surface area contributed by atoms with E-state index in [1.807, 2.05) is 12.1 Å². The normalized spacial score (nSPS) is 23.2. The van der Waals surface area contributed by atoms with Crippen LogP contribution in [0.1, 0.15) is 31.7 Å². The summed E-state index contributed by atoms with van der Waals surface area (Å²) in [6.45, 7) is 4.45. The summed E-state index contributed by atoms with van der Waals surface area (Å²) in [5.41, 5.74) is 0.925. The number of hydrogen-bond donors (Lipinski definition) is 1. The van der Waals surface area contributed by atoms with Crippen LogP contribution in [0.2, 0.25) is 10.0 Å². The molecule has 0 saturated carbocycles. The molecule has 3 rings (SSSR count). The van der Waals surface area contributed by atoms with Crippen LogP contribution in [-0.4, -0.2) is 52.5 Å². The smallest absolute Gasteiger partial charge is 0.326 e. The minimum Gasteiger partial charge on any atom is -0.480 e. The average Bonchev–Trinajstić information content (AvgIpc) is 2.93. The molecule has 2 aliphatic heterocycles. The first-order chi connectivity index (χ1) is 11.8. The Morgan fingerprint density at radius 2 is 1.96 bits per heavy atom. The van der Waals surface area contributed by atoms with Gasteiger partial charge in [0.05, 0.1) is 0 Å². The lowest BCUT2D eigenvalue weighted by Crippen LogP contribution is -2.42. The summed E-state index contributed by atoms with van der Waals surface area (Å²) in [4.78, 5) is 27.1. The Morgan fingerprint density at radius 1 is 1.28 bits per heavy atom. The molecule has 2 aliphatic rings. The summed E-state index contributed by atoms with van der Waals surface area (Å²) in [7, 11) is 0. The number of amides is 1. The molecule has 0 aliphatic carbocycles. The van der Waals surface area contributed by atoms with Crippen molar-refractivity contribution in [1.82, 2.24) is 9.80 Å². The largest absolute Gasteiger partial charge is 0.480 e. The van der Waals surface area contributed by atoms with Crippen LogP contribution >= 0.6 is 23.2 Å². The van der Waals surface area contributed by atoms with Gasteiger partial charge < -0.3 is 10.0 Å². The van der Waals surface area contributed by atoms with Crippen LogP contribution in [0.25, 0.3) is 0 Å². The molecule has 1 aromatic rings. The molecule has 2 saturated heterocycles. The van der Waals surface area contributed by atoms with Crippen LogP contribution in [0.5, 0.6) is 0 Å². The quantitative estimate of drug-likeness (QED) is 0.868. The van der Waals surface area contributed by atoms with E-state index in [1.165, 1.54) is 11.8 Å². The van der Waals surface area contributed by atoms with Gasteiger partial charge in [-0.3, -0.25) is 9.69 Å². The Hall–Kier alpha value is -1.30. The van der Waals surface area contributed by atoms with Gasteiger partial charge in [-0.2, -0.15) is 0 Å². The maximum Gasteiger partial charge on any atom is 0.326 e. The second-order valence-corrected chi connectivity index (χ2v) is 8.06. The molecule has 1 amide bonds. The van der Waals surface area contributed by atoms with Gasteiger partial charge in [0.25, 0.3) is 0 Å². The number of nitrogens with zero attached hydrogens (tertiary/aromatic N) is 2. The Labute approximate surface area is 157 Å². The number of carbonyl (C=O) groups excluding carboxylic acids is 1. The fraction of sp³-hybridized carbons (Fsp3) is 0.556. The van der Waals surface area contributed by atoms with E-state index in [4.69, 9.17) is 23.2 Å². The second kappa shape index (κ2) is 7.14. The molecule has 0 radical (unpaired) electrons. The van der Waals surface area contributed by atoms with Gasteiger partial charge in [-0.05, 0) is 61.5 Å². The number of carbonyl (C=O) groups is 2. The van der Waals surface area contributed by atoms with Crippen molar-refractivity contribution in [3.8, 4) is 0 Å². The summed E-state index contributed by atoms with van der Waals surface area (Å²) in [6, 6.07) is 4.79. The average molecular weight is 385 g/mol. The van der Waals surface area contributed by atoms with Gasteiger partial charge in [0.1, 0.15) is 6.04 Å². The molecule has 0 aromatic heterocycles. The Kier molecular flexibility index (Phi) is 5.28. The van der Waals surface area contributed by atoms with Crippen molar-refractivity contribution in [2.45, 2.75) is 38.8 Å². The Morgan fingerprint density at radius 3 is 2.52 bits per heavy atom. The van der Waals surface area contributed by atoms with Gasteiger partial charge in [0.2, 0.25) is 5.91 Å². The van der Waals surface area contributed by atoms with Crippen LogP contribution in [0.3, 0.4) is 0 Å². The van der Waals surface area contributed by atoms with Crippen LogP contribution in [0, 0.1) is 5.41 Å². The molecule has 5 nitrogen and oxygen atoms in total. The van der Waals surface area contributed by atoms with Gasteiger partial charge in [-0.25, -0.2) is 4.79 Å². The van der Waals surface area contributed by atoms with Gasteiger partial charge in [0, 0.05) is 30.1 Å². The zero-order chi connectivity index (χ0) is 18.2. The number of halogens is 2. The van der Waals surface area contributed by atoms with Gasteiger partial charge in [0.15, 0.2) is 0 Å². The predicted molar refractivity (Wildman–Crippen MR) is 96.8 cm³/mol. The van der Waals surface area contributed by atoms with E-state index in [9.17, 15) is 14.7 Å². The first-order valence-electron chi connectivity index (χ1n) is 8.46. The van der Waals surface area contributed by atoms with E-state index >= 15 is 0 Å². The minimum atomic E-state index is -0.903. The van der Waals surface area contributed by atoms with Gasteiger partial charge >= 0.3 is 5.97 Å². The Balaban J connectivity index is 1.64. The van der Waals surface area contributed by atoms with E-state index in [0.717, 1.165) is 38.0 Å².